The van der Waals surface area contributed by atoms with E-state index in [1.807, 2.05) is 0 Å². The molecule has 0 radical (unpaired) electrons. The predicted octanol–water partition coefficient (Wildman–Crippen LogP) is 2.19. The fourth-order valence-corrected chi connectivity index (χ4v) is 6.64. The summed E-state index contributed by atoms with van der Waals surface area (Å²) in [5, 5.41) is 12.4. The number of carbonyl (C=O) groups excluding carboxylic acids is 1. The zero-order valence-corrected chi connectivity index (χ0v) is 18.1. The molecule has 4 heterocycles. The van der Waals surface area contributed by atoms with E-state index in [1.165, 1.54) is 12.8 Å². The maximum atomic E-state index is 12.9. The Morgan fingerprint density at radius 1 is 1.07 bits per heavy atom. The Morgan fingerprint density at radius 3 is 2.40 bits per heavy atom. The molecule has 8 heteroatoms. The molecule has 5 aliphatic rings. The van der Waals surface area contributed by atoms with Gasteiger partial charge >= 0.3 is 12.1 Å². The van der Waals surface area contributed by atoms with Crippen LogP contribution in [0.15, 0.2) is 0 Å². The molecule has 30 heavy (non-hydrogen) atoms. The summed E-state index contributed by atoms with van der Waals surface area (Å²) in [6, 6.07) is 1.10. The third-order valence-electron chi connectivity index (χ3n) is 8.49. The molecule has 3 amide bonds. The lowest BCUT2D eigenvalue weighted by atomic mass is 9.64. The molecule has 168 valence electrons. The number of nitrogens with zero attached hydrogens (tertiary/aromatic N) is 3. The van der Waals surface area contributed by atoms with Crippen molar-refractivity contribution in [3.63, 3.8) is 0 Å². The second kappa shape index (κ2) is 7.55. The Balaban J connectivity index is 1.10. The van der Waals surface area contributed by atoms with Crippen LogP contribution < -0.4 is 5.32 Å². The van der Waals surface area contributed by atoms with Crippen LogP contribution in [0.25, 0.3) is 0 Å². The number of hydrogen-bond donors (Lipinski definition) is 2. The molecule has 0 unspecified atom stereocenters. The molecule has 5 rings (SSSR count). The Hall–Kier alpha value is -1.54. The zero-order chi connectivity index (χ0) is 20.9. The molecule has 0 aromatic rings. The van der Waals surface area contributed by atoms with Gasteiger partial charge in [0.05, 0.1) is 18.8 Å². The third kappa shape index (κ3) is 3.66. The van der Waals surface area contributed by atoms with Gasteiger partial charge in [0.2, 0.25) is 0 Å². The standard InChI is InChI=1S/C22H36N4O4/c1-21(14-30-15-21)23-19(27)26-7-2-3-18(26)16-4-8-24(9-5-16)17-11-22(12-17)6-10-25(13-22)20(28)29/h16-18H,2-15H2,1H3,(H,23,27)(H,28,29)/t17?,18-,22?/m0/s1. The molecule has 4 aliphatic heterocycles. The van der Waals surface area contributed by atoms with Crippen molar-refractivity contribution in [2.45, 2.75) is 69.5 Å². The fourth-order valence-electron chi connectivity index (χ4n) is 6.64. The van der Waals surface area contributed by atoms with Gasteiger partial charge < -0.3 is 29.9 Å². The summed E-state index contributed by atoms with van der Waals surface area (Å²) in [6.07, 6.45) is 7.14. The van der Waals surface area contributed by atoms with Crippen LogP contribution in [0.3, 0.4) is 0 Å². The topological polar surface area (TPSA) is 85.4 Å². The Kier molecular flexibility index (Phi) is 5.13. The lowest BCUT2D eigenvalue weighted by Crippen LogP contribution is -2.63. The van der Waals surface area contributed by atoms with Gasteiger partial charge in [0.1, 0.15) is 0 Å². The minimum absolute atomic E-state index is 0.0934. The van der Waals surface area contributed by atoms with E-state index in [4.69, 9.17) is 4.74 Å². The number of carbonyl (C=O) groups is 2. The van der Waals surface area contributed by atoms with Gasteiger partial charge in [0, 0.05) is 31.7 Å². The van der Waals surface area contributed by atoms with E-state index in [1.54, 1.807) is 4.90 Å². The van der Waals surface area contributed by atoms with E-state index < -0.39 is 6.09 Å². The van der Waals surface area contributed by atoms with Crippen molar-refractivity contribution in [1.29, 1.82) is 0 Å². The largest absolute Gasteiger partial charge is 0.465 e. The van der Waals surface area contributed by atoms with Crippen molar-refractivity contribution in [2.75, 3.05) is 45.9 Å². The highest BCUT2D eigenvalue weighted by Crippen LogP contribution is 2.50. The SMILES string of the molecule is CC1(NC(=O)N2CCC[C@H]2C2CCN(C3CC4(CCN(C(=O)O)C4)C3)CC2)COC1. The van der Waals surface area contributed by atoms with E-state index >= 15 is 0 Å². The molecule has 2 N–H and O–H groups in total. The minimum Gasteiger partial charge on any atom is -0.465 e. The van der Waals surface area contributed by atoms with Crippen LogP contribution >= 0.6 is 0 Å². The van der Waals surface area contributed by atoms with E-state index in [2.05, 4.69) is 22.0 Å². The van der Waals surface area contributed by atoms with Crippen LogP contribution in [-0.4, -0.2) is 95.5 Å². The summed E-state index contributed by atoms with van der Waals surface area (Å²) >= 11 is 0. The molecule has 1 spiro atoms. The van der Waals surface area contributed by atoms with Crippen LogP contribution in [-0.2, 0) is 4.74 Å². The van der Waals surface area contributed by atoms with Gasteiger partial charge in [-0.25, -0.2) is 9.59 Å². The number of piperidine rings is 1. The molecular formula is C22H36N4O4. The fraction of sp³-hybridized carbons (Fsp3) is 0.909. The van der Waals surface area contributed by atoms with Gasteiger partial charge in [-0.15, -0.1) is 0 Å². The van der Waals surface area contributed by atoms with Gasteiger partial charge in [-0.3, -0.25) is 0 Å². The smallest absolute Gasteiger partial charge is 0.407 e. The first kappa shape index (κ1) is 20.4. The molecule has 0 aromatic carbocycles. The van der Waals surface area contributed by atoms with Crippen LogP contribution in [0.4, 0.5) is 9.59 Å². The Bertz CT molecular complexity index is 683. The first-order valence-corrected chi connectivity index (χ1v) is 11.7. The lowest BCUT2D eigenvalue weighted by Gasteiger charge is -2.52. The second-order valence-corrected chi connectivity index (χ2v) is 10.8. The minimum atomic E-state index is -0.764. The zero-order valence-electron chi connectivity index (χ0n) is 18.1. The van der Waals surface area contributed by atoms with Crippen LogP contribution in [0.2, 0.25) is 0 Å². The molecule has 1 atom stereocenters. The highest BCUT2D eigenvalue weighted by atomic mass is 16.5. The van der Waals surface area contributed by atoms with Crippen molar-refractivity contribution in [3.8, 4) is 0 Å². The van der Waals surface area contributed by atoms with Gasteiger partial charge in [-0.05, 0) is 76.3 Å². The monoisotopic (exact) mass is 420 g/mol. The van der Waals surface area contributed by atoms with Crippen molar-refractivity contribution in [1.82, 2.24) is 20.0 Å². The summed E-state index contributed by atoms with van der Waals surface area (Å²) in [6.45, 7) is 7.82. The number of hydrogen-bond acceptors (Lipinski definition) is 4. The number of nitrogens with one attached hydrogen (secondary N) is 1. The number of amides is 3. The lowest BCUT2D eigenvalue weighted by molar-refractivity contribution is -0.0599. The molecule has 1 saturated carbocycles. The number of urea groups is 1. The molecular weight excluding hydrogens is 384 g/mol. The molecule has 0 aromatic heterocycles. The van der Waals surface area contributed by atoms with Crippen molar-refractivity contribution < 1.29 is 19.4 Å². The van der Waals surface area contributed by atoms with Gasteiger partial charge in [-0.2, -0.15) is 0 Å². The van der Waals surface area contributed by atoms with Gasteiger partial charge in [0.15, 0.2) is 0 Å². The van der Waals surface area contributed by atoms with Crippen molar-refractivity contribution in [3.05, 3.63) is 0 Å². The Labute approximate surface area is 178 Å². The average Bonchev–Trinajstić information content (AvgIpc) is 3.33. The molecule has 5 fully saturated rings. The number of carboxylic acid groups (broad SMARTS) is 1. The Morgan fingerprint density at radius 2 is 1.80 bits per heavy atom. The average molecular weight is 421 g/mol. The first-order chi connectivity index (χ1) is 14.4. The molecule has 4 saturated heterocycles. The first-order valence-electron chi connectivity index (χ1n) is 11.7. The van der Waals surface area contributed by atoms with Crippen LogP contribution in [0.1, 0.15) is 51.9 Å². The maximum Gasteiger partial charge on any atom is 0.407 e. The molecule has 1 aliphatic carbocycles. The summed E-state index contributed by atoms with van der Waals surface area (Å²) in [5.41, 5.74) is 0.0613. The second-order valence-electron chi connectivity index (χ2n) is 10.8. The highest BCUT2D eigenvalue weighted by molar-refractivity contribution is 5.76. The van der Waals surface area contributed by atoms with E-state index in [9.17, 15) is 14.7 Å². The maximum absolute atomic E-state index is 12.9. The molecule has 8 nitrogen and oxygen atoms in total. The normalized spacial score (nSPS) is 36.6. The van der Waals surface area contributed by atoms with E-state index in [0.29, 0.717) is 37.8 Å². The van der Waals surface area contributed by atoms with Crippen LogP contribution in [0, 0.1) is 11.3 Å². The van der Waals surface area contributed by atoms with Crippen LogP contribution in [0.5, 0.6) is 0 Å². The highest BCUT2D eigenvalue weighted by Gasteiger charge is 2.51. The van der Waals surface area contributed by atoms with E-state index in [0.717, 1.165) is 58.3 Å². The number of likely N-dealkylation sites (tertiary alicyclic amines) is 3. The number of rotatable bonds is 3. The summed E-state index contributed by atoms with van der Waals surface area (Å²) in [7, 11) is 0. The summed E-state index contributed by atoms with van der Waals surface area (Å²) in [4.78, 5) is 30.4. The summed E-state index contributed by atoms with van der Waals surface area (Å²) < 4.78 is 5.28. The van der Waals surface area contributed by atoms with Gasteiger partial charge in [-0.1, -0.05) is 0 Å². The van der Waals surface area contributed by atoms with Gasteiger partial charge in [0.25, 0.3) is 0 Å². The van der Waals surface area contributed by atoms with E-state index in [-0.39, 0.29) is 17.0 Å². The summed E-state index contributed by atoms with van der Waals surface area (Å²) in [5.74, 6) is 0.600. The third-order valence-corrected chi connectivity index (χ3v) is 8.49. The quantitative estimate of drug-likeness (QED) is 0.731. The number of ether oxygens (including phenoxy) is 1. The predicted molar refractivity (Wildman–Crippen MR) is 111 cm³/mol. The molecule has 0 bridgehead atoms. The van der Waals surface area contributed by atoms with Crippen molar-refractivity contribution >= 4 is 12.1 Å². The van der Waals surface area contributed by atoms with Crippen molar-refractivity contribution in [2.24, 2.45) is 11.3 Å².